The quantitative estimate of drug-likeness (QED) is 0.430. The topological polar surface area (TPSA) is 107 Å². The van der Waals surface area contributed by atoms with Crippen molar-refractivity contribution in [2.45, 2.75) is 18.9 Å². The number of rotatable bonds is 7. The van der Waals surface area contributed by atoms with Crippen LogP contribution in [0.4, 0.5) is 0 Å². The Labute approximate surface area is 83.0 Å². The lowest BCUT2D eigenvalue weighted by Crippen LogP contribution is -2.41. The van der Waals surface area contributed by atoms with Gasteiger partial charge in [-0.1, -0.05) is 0 Å². The molecular formula is C8H17N3O3. The number of nitrogens with one attached hydrogen (secondary N) is 1. The lowest BCUT2D eigenvalue weighted by molar-refractivity contribution is -0.130. The Morgan fingerprint density at radius 2 is 2.14 bits per heavy atom. The zero-order chi connectivity index (χ0) is 11.0. The average molecular weight is 203 g/mol. The van der Waals surface area contributed by atoms with Gasteiger partial charge in [0.05, 0.1) is 0 Å². The monoisotopic (exact) mass is 203 g/mol. The van der Waals surface area contributed by atoms with E-state index in [9.17, 15) is 9.59 Å². The van der Waals surface area contributed by atoms with Gasteiger partial charge in [0.25, 0.3) is 0 Å². The Kier molecular flexibility index (Phi) is 6.69. The minimum atomic E-state index is -0.622. The number of amides is 2. The number of hydrogen-bond donors (Lipinski definition) is 3. The van der Waals surface area contributed by atoms with E-state index in [1.54, 1.807) is 0 Å². The van der Waals surface area contributed by atoms with Crippen molar-refractivity contribution < 1.29 is 14.3 Å². The Morgan fingerprint density at radius 3 is 2.57 bits per heavy atom. The van der Waals surface area contributed by atoms with Crippen LogP contribution in [0.15, 0.2) is 0 Å². The highest BCUT2D eigenvalue weighted by atomic mass is 16.5. The van der Waals surface area contributed by atoms with E-state index in [0.717, 1.165) is 0 Å². The fourth-order valence-corrected chi connectivity index (χ4v) is 0.898. The summed E-state index contributed by atoms with van der Waals surface area (Å²) < 4.78 is 4.81. The molecule has 0 aromatic heterocycles. The van der Waals surface area contributed by atoms with Crippen molar-refractivity contribution in [2.75, 3.05) is 20.2 Å². The highest BCUT2D eigenvalue weighted by Gasteiger charge is 2.14. The molecule has 0 bridgehead atoms. The van der Waals surface area contributed by atoms with Crippen molar-refractivity contribution in [3.05, 3.63) is 0 Å². The van der Waals surface area contributed by atoms with E-state index in [4.69, 9.17) is 16.2 Å². The van der Waals surface area contributed by atoms with Gasteiger partial charge in [0, 0.05) is 26.6 Å². The second kappa shape index (κ2) is 7.28. The minimum Gasteiger partial charge on any atom is -0.370 e. The Bertz CT molecular complexity index is 192. The summed E-state index contributed by atoms with van der Waals surface area (Å²) in [7, 11) is 1.42. The summed E-state index contributed by atoms with van der Waals surface area (Å²) >= 11 is 0. The molecule has 1 atom stereocenters. The van der Waals surface area contributed by atoms with Gasteiger partial charge in [-0.25, -0.2) is 0 Å². The number of methoxy groups -OCH3 is 1. The predicted molar refractivity (Wildman–Crippen MR) is 51.3 cm³/mol. The van der Waals surface area contributed by atoms with Crippen molar-refractivity contribution in [1.82, 2.24) is 5.32 Å². The highest BCUT2D eigenvalue weighted by molar-refractivity contribution is 5.81. The normalized spacial score (nSPS) is 12.1. The fraction of sp³-hybridized carbons (Fsp3) is 0.750. The van der Waals surface area contributed by atoms with Gasteiger partial charge in [0.2, 0.25) is 11.8 Å². The summed E-state index contributed by atoms with van der Waals surface area (Å²) in [6, 6.07) is 0. The molecule has 0 heterocycles. The maximum atomic E-state index is 11.2. The summed E-state index contributed by atoms with van der Waals surface area (Å²) in [5.74, 6) is -0.638. The van der Waals surface area contributed by atoms with Crippen LogP contribution in [0.5, 0.6) is 0 Å². The Hall–Kier alpha value is -1.14. The van der Waals surface area contributed by atoms with E-state index in [1.807, 2.05) is 0 Å². The maximum Gasteiger partial charge on any atom is 0.250 e. The van der Waals surface area contributed by atoms with Crippen LogP contribution >= 0.6 is 0 Å². The zero-order valence-corrected chi connectivity index (χ0v) is 8.29. The van der Waals surface area contributed by atoms with Crippen LogP contribution in [0.1, 0.15) is 12.8 Å². The summed E-state index contributed by atoms with van der Waals surface area (Å²) in [5.41, 5.74) is 10.2. The number of carbonyl (C=O) groups excluding carboxylic acids is 2. The first-order chi connectivity index (χ1) is 6.61. The van der Waals surface area contributed by atoms with Gasteiger partial charge >= 0.3 is 0 Å². The summed E-state index contributed by atoms with van der Waals surface area (Å²) in [4.78, 5) is 21.6. The van der Waals surface area contributed by atoms with Gasteiger partial charge in [0.1, 0.15) is 6.10 Å². The molecule has 0 radical (unpaired) electrons. The molecule has 14 heavy (non-hydrogen) atoms. The molecule has 2 amide bonds. The van der Waals surface area contributed by atoms with Gasteiger partial charge in [-0.2, -0.15) is 0 Å². The van der Waals surface area contributed by atoms with Crippen LogP contribution < -0.4 is 16.8 Å². The van der Waals surface area contributed by atoms with E-state index in [2.05, 4.69) is 5.32 Å². The molecule has 0 aliphatic heterocycles. The zero-order valence-electron chi connectivity index (χ0n) is 8.29. The minimum absolute atomic E-state index is 0.137. The summed E-state index contributed by atoms with van der Waals surface area (Å²) in [6.45, 7) is 0.541. The molecule has 82 valence electrons. The third-order valence-electron chi connectivity index (χ3n) is 1.69. The van der Waals surface area contributed by atoms with Crippen LogP contribution in [-0.4, -0.2) is 38.1 Å². The van der Waals surface area contributed by atoms with Gasteiger partial charge < -0.3 is 21.5 Å². The second-order valence-electron chi connectivity index (χ2n) is 2.82. The molecule has 0 saturated carbocycles. The van der Waals surface area contributed by atoms with Crippen LogP contribution in [-0.2, 0) is 14.3 Å². The lowest BCUT2D eigenvalue weighted by atomic mass is 10.3. The molecule has 0 aliphatic rings. The highest BCUT2D eigenvalue weighted by Crippen LogP contribution is 1.89. The Morgan fingerprint density at radius 1 is 1.50 bits per heavy atom. The largest absolute Gasteiger partial charge is 0.370 e. The molecule has 0 aromatic carbocycles. The van der Waals surface area contributed by atoms with E-state index < -0.39 is 6.10 Å². The molecule has 6 nitrogen and oxygen atoms in total. The van der Waals surface area contributed by atoms with E-state index in [-0.39, 0.29) is 24.8 Å². The molecule has 5 N–H and O–H groups in total. The predicted octanol–water partition coefficient (Wildman–Crippen LogP) is -1.66. The molecule has 0 aliphatic carbocycles. The molecule has 6 heteroatoms. The van der Waals surface area contributed by atoms with Crippen molar-refractivity contribution in [3.63, 3.8) is 0 Å². The Balaban J connectivity index is 3.57. The van der Waals surface area contributed by atoms with Crippen molar-refractivity contribution in [1.29, 1.82) is 0 Å². The standard InChI is InChI=1S/C8H17N3O3/c1-14-6(5-9)8(13)11-4-2-3-7(10)12/h6H,2-5,9H2,1H3,(H2,10,12)(H,11,13). The molecule has 0 fully saturated rings. The van der Waals surface area contributed by atoms with Gasteiger partial charge in [-0.3, -0.25) is 9.59 Å². The van der Waals surface area contributed by atoms with Gasteiger partial charge in [0.15, 0.2) is 0 Å². The fourth-order valence-electron chi connectivity index (χ4n) is 0.898. The second-order valence-corrected chi connectivity index (χ2v) is 2.82. The van der Waals surface area contributed by atoms with Crippen LogP contribution in [0, 0.1) is 0 Å². The number of hydrogen-bond acceptors (Lipinski definition) is 4. The van der Waals surface area contributed by atoms with Gasteiger partial charge in [-0.15, -0.1) is 0 Å². The molecule has 0 spiro atoms. The molecule has 0 saturated heterocycles. The number of ether oxygens (including phenoxy) is 1. The first kappa shape index (κ1) is 12.9. The van der Waals surface area contributed by atoms with E-state index in [0.29, 0.717) is 13.0 Å². The number of primary amides is 1. The third-order valence-corrected chi connectivity index (χ3v) is 1.69. The SMILES string of the molecule is COC(CN)C(=O)NCCCC(N)=O. The average Bonchev–Trinajstić information content (AvgIpc) is 2.14. The third kappa shape index (κ3) is 5.50. The summed E-state index contributed by atoms with van der Waals surface area (Å²) in [5, 5.41) is 2.59. The first-order valence-electron chi connectivity index (χ1n) is 4.40. The van der Waals surface area contributed by atoms with Crippen LogP contribution in [0.25, 0.3) is 0 Å². The molecule has 0 aromatic rings. The van der Waals surface area contributed by atoms with Crippen LogP contribution in [0.2, 0.25) is 0 Å². The van der Waals surface area contributed by atoms with Crippen molar-refractivity contribution >= 4 is 11.8 Å². The first-order valence-corrected chi connectivity index (χ1v) is 4.40. The van der Waals surface area contributed by atoms with Crippen LogP contribution in [0.3, 0.4) is 0 Å². The van der Waals surface area contributed by atoms with Gasteiger partial charge in [-0.05, 0) is 6.42 Å². The molecule has 1 unspecified atom stereocenters. The van der Waals surface area contributed by atoms with Crippen molar-refractivity contribution in [2.24, 2.45) is 11.5 Å². The lowest BCUT2D eigenvalue weighted by Gasteiger charge is -2.12. The van der Waals surface area contributed by atoms with Crippen molar-refractivity contribution in [3.8, 4) is 0 Å². The summed E-state index contributed by atoms with van der Waals surface area (Å²) in [6.07, 6.45) is 0.173. The maximum absolute atomic E-state index is 11.2. The molecular weight excluding hydrogens is 186 g/mol. The number of nitrogens with two attached hydrogens (primary N) is 2. The smallest absolute Gasteiger partial charge is 0.250 e. The number of carbonyl (C=O) groups is 2. The van der Waals surface area contributed by atoms with E-state index >= 15 is 0 Å². The van der Waals surface area contributed by atoms with E-state index in [1.165, 1.54) is 7.11 Å². The molecule has 0 rings (SSSR count).